The van der Waals surface area contributed by atoms with Gasteiger partial charge in [0.2, 0.25) is 0 Å². The fraction of sp³-hybridized carbons (Fsp3) is 0.385. The van der Waals surface area contributed by atoms with Gasteiger partial charge in [-0.25, -0.2) is 4.79 Å². The maximum atomic E-state index is 12.2. The van der Waals surface area contributed by atoms with E-state index in [0.717, 1.165) is 6.07 Å². The Bertz CT molecular complexity index is 648. The highest BCUT2D eigenvalue weighted by Gasteiger charge is 2.31. The first kappa shape index (κ1) is 19.4. The molecule has 0 spiro atoms. The van der Waals surface area contributed by atoms with Crippen LogP contribution in [0.15, 0.2) is 12.1 Å². The highest BCUT2D eigenvalue weighted by atomic mass is 19.4. The molecule has 132 valence electrons. The molecular weight excluding hydrogens is 348 g/mol. The lowest BCUT2D eigenvalue weighted by molar-refractivity contribution is -0.154. The maximum Gasteiger partial charge on any atom is 0.422 e. The molecule has 0 fully saturated rings. The Morgan fingerprint density at radius 1 is 1.08 bits per heavy atom. The van der Waals surface area contributed by atoms with E-state index in [-0.39, 0.29) is 5.56 Å². The van der Waals surface area contributed by atoms with Crippen molar-refractivity contribution in [1.29, 1.82) is 5.26 Å². The minimum atomic E-state index is -4.77. The van der Waals surface area contributed by atoms with E-state index >= 15 is 0 Å². The molecule has 0 bridgehead atoms. The predicted octanol–water partition coefficient (Wildman–Crippen LogP) is 3.33. The Labute approximate surface area is 131 Å². The number of nitrogens with zero attached hydrogens (tertiary/aromatic N) is 1. The van der Waals surface area contributed by atoms with Gasteiger partial charge in [0.25, 0.3) is 0 Å². The van der Waals surface area contributed by atoms with Crippen molar-refractivity contribution in [3.63, 3.8) is 0 Å². The molecule has 5 nitrogen and oxygen atoms in total. The summed E-state index contributed by atoms with van der Waals surface area (Å²) in [7, 11) is 0. The highest BCUT2D eigenvalue weighted by Crippen LogP contribution is 2.32. The summed E-state index contributed by atoms with van der Waals surface area (Å²) in [5.74, 6) is -3.06. The van der Waals surface area contributed by atoms with Crippen molar-refractivity contribution in [1.82, 2.24) is 0 Å². The summed E-state index contributed by atoms with van der Waals surface area (Å²) in [5.41, 5.74) is -1.18. The van der Waals surface area contributed by atoms with Crippen LogP contribution < -0.4 is 9.47 Å². The third kappa shape index (κ3) is 6.23. The van der Waals surface area contributed by atoms with E-state index in [1.807, 2.05) is 0 Å². The summed E-state index contributed by atoms with van der Waals surface area (Å²) in [6.45, 7) is -3.56. The molecule has 0 aliphatic rings. The van der Waals surface area contributed by atoms with Crippen molar-refractivity contribution < 1.29 is 45.7 Å². The van der Waals surface area contributed by atoms with Crippen molar-refractivity contribution >= 4 is 5.97 Å². The number of halogens is 6. The second kappa shape index (κ2) is 7.29. The number of carboxylic acid groups (broad SMARTS) is 1. The van der Waals surface area contributed by atoms with Gasteiger partial charge < -0.3 is 14.6 Å². The molecule has 0 aromatic heterocycles. The molecule has 1 aromatic rings. The van der Waals surface area contributed by atoms with E-state index in [4.69, 9.17) is 10.4 Å². The van der Waals surface area contributed by atoms with Gasteiger partial charge in [0.05, 0.1) is 12.5 Å². The van der Waals surface area contributed by atoms with Crippen molar-refractivity contribution in [3.8, 4) is 17.6 Å². The summed E-state index contributed by atoms with van der Waals surface area (Å²) in [6, 6.07) is 2.98. The number of benzene rings is 1. The van der Waals surface area contributed by atoms with E-state index in [2.05, 4.69) is 9.47 Å². The Hall–Kier alpha value is -2.64. The number of carbonyl (C=O) groups is 1. The Balaban J connectivity index is 3.25. The van der Waals surface area contributed by atoms with Gasteiger partial charge in [-0.2, -0.15) is 31.6 Å². The van der Waals surface area contributed by atoms with Gasteiger partial charge in [-0.15, -0.1) is 0 Å². The first-order valence-corrected chi connectivity index (χ1v) is 6.09. The number of nitriles is 1. The van der Waals surface area contributed by atoms with Crippen molar-refractivity contribution in [2.45, 2.75) is 18.8 Å². The molecule has 1 aromatic carbocycles. The largest absolute Gasteiger partial charge is 0.484 e. The highest BCUT2D eigenvalue weighted by molar-refractivity contribution is 5.92. The zero-order chi connectivity index (χ0) is 18.5. The van der Waals surface area contributed by atoms with Crippen LogP contribution in [0.3, 0.4) is 0 Å². The third-order valence-corrected chi connectivity index (χ3v) is 2.42. The molecule has 24 heavy (non-hydrogen) atoms. The molecule has 0 unspecified atom stereocenters. The summed E-state index contributed by atoms with van der Waals surface area (Å²) < 4.78 is 81.9. The smallest absolute Gasteiger partial charge is 0.422 e. The van der Waals surface area contributed by atoms with Crippen LogP contribution in [-0.2, 0) is 6.42 Å². The van der Waals surface area contributed by atoms with E-state index in [0.29, 0.717) is 6.07 Å². The van der Waals surface area contributed by atoms with E-state index in [9.17, 15) is 31.1 Å². The molecule has 0 amide bonds. The molecular formula is C13H9F6NO4. The fourth-order valence-corrected chi connectivity index (χ4v) is 1.61. The monoisotopic (exact) mass is 357 g/mol. The normalized spacial score (nSPS) is 11.7. The van der Waals surface area contributed by atoms with Crippen LogP contribution in [-0.4, -0.2) is 36.6 Å². The van der Waals surface area contributed by atoms with Crippen molar-refractivity contribution in [2.24, 2.45) is 0 Å². The van der Waals surface area contributed by atoms with Crippen LogP contribution in [0.1, 0.15) is 15.9 Å². The van der Waals surface area contributed by atoms with Crippen LogP contribution in [0.2, 0.25) is 0 Å². The zero-order valence-corrected chi connectivity index (χ0v) is 11.7. The molecule has 1 rings (SSSR count). The average molecular weight is 357 g/mol. The first-order chi connectivity index (χ1) is 10.9. The maximum absolute atomic E-state index is 12.2. The lowest BCUT2D eigenvalue weighted by atomic mass is 10.1. The van der Waals surface area contributed by atoms with Gasteiger partial charge in [0.15, 0.2) is 13.2 Å². The molecule has 0 radical (unpaired) electrons. The number of alkyl halides is 6. The number of aromatic carboxylic acids is 1. The number of hydrogen-bond acceptors (Lipinski definition) is 4. The van der Waals surface area contributed by atoms with Gasteiger partial charge in [-0.1, -0.05) is 0 Å². The molecule has 0 saturated heterocycles. The van der Waals surface area contributed by atoms with Gasteiger partial charge >= 0.3 is 18.3 Å². The average Bonchev–Trinajstić information content (AvgIpc) is 2.41. The quantitative estimate of drug-likeness (QED) is 0.790. The molecule has 0 aliphatic heterocycles. The van der Waals surface area contributed by atoms with Crippen LogP contribution in [0.25, 0.3) is 0 Å². The number of hydrogen-bond donors (Lipinski definition) is 1. The molecule has 0 saturated carbocycles. The lowest BCUT2D eigenvalue weighted by Crippen LogP contribution is -2.22. The van der Waals surface area contributed by atoms with Gasteiger partial charge in [0, 0.05) is 5.56 Å². The standard InChI is InChI=1S/C13H9F6NO4/c14-12(15,16)5-23-8-3-7(1-2-20)10(9(4-8)11(21)22)24-6-13(17,18)19/h3-4H,1,5-6H2,(H,21,22). The molecule has 0 atom stereocenters. The molecule has 0 heterocycles. The number of ether oxygens (including phenoxy) is 2. The molecule has 0 aliphatic carbocycles. The minimum Gasteiger partial charge on any atom is -0.484 e. The fourth-order valence-electron chi connectivity index (χ4n) is 1.61. The van der Waals surface area contributed by atoms with E-state index in [1.54, 1.807) is 6.07 Å². The van der Waals surface area contributed by atoms with E-state index < -0.39 is 55.0 Å². The Morgan fingerprint density at radius 3 is 2.08 bits per heavy atom. The SMILES string of the molecule is N#CCc1cc(OCC(F)(F)F)cc(C(=O)O)c1OCC(F)(F)F. The third-order valence-electron chi connectivity index (χ3n) is 2.42. The minimum absolute atomic E-state index is 0.334. The topological polar surface area (TPSA) is 79.5 Å². The Kier molecular flexibility index (Phi) is 5.89. The second-order valence-corrected chi connectivity index (χ2v) is 4.41. The van der Waals surface area contributed by atoms with Gasteiger partial charge in [-0.3, -0.25) is 0 Å². The van der Waals surface area contributed by atoms with E-state index in [1.165, 1.54) is 0 Å². The second-order valence-electron chi connectivity index (χ2n) is 4.41. The van der Waals surface area contributed by atoms with Crippen LogP contribution >= 0.6 is 0 Å². The summed E-state index contributed by atoms with van der Waals surface area (Å²) >= 11 is 0. The summed E-state index contributed by atoms with van der Waals surface area (Å²) in [4.78, 5) is 11.1. The Morgan fingerprint density at radius 2 is 1.62 bits per heavy atom. The van der Waals surface area contributed by atoms with Gasteiger partial charge in [0.1, 0.15) is 17.1 Å². The number of carboxylic acids is 1. The first-order valence-electron chi connectivity index (χ1n) is 6.09. The van der Waals surface area contributed by atoms with Gasteiger partial charge in [-0.05, 0) is 12.1 Å². The van der Waals surface area contributed by atoms with Crippen molar-refractivity contribution in [3.05, 3.63) is 23.3 Å². The number of rotatable bonds is 6. The van der Waals surface area contributed by atoms with Crippen LogP contribution in [0.4, 0.5) is 26.3 Å². The van der Waals surface area contributed by atoms with Crippen molar-refractivity contribution in [2.75, 3.05) is 13.2 Å². The summed E-state index contributed by atoms with van der Waals surface area (Å²) in [6.07, 6.45) is -10.1. The van der Waals surface area contributed by atoms with Crippen LogP contribution in [0.5, 0.6) is 11.5 Å². The van der Waals surface area contributed by atoms with Crippen LogP contribution in [0, 0.1) is 11.3 Å². The molecule has 1 N–H and O–H groups in total. The zero-order valence-electron chi connectivity index (χ0n) is 11.7. The lowest BCUT2D eigenvalue weighted by Gasteiger charge is -2.16. The summed E-state index contributed by atoms with van der Waals surface area (Å²) in [5, 5.41) is 17.7. The molecule has 11 heteroatoms. The predicted molar refractivity (Wildman–Crippen MR) is 65.8 cm³/mol.